The number of hydrogen-bond donors (Lipinski definition) is 1. The third-order valence-corrected chi connectivity index (χ3v) is 3.55. The van der Waals surface area contributed by atoms with E-state index in [1.165, 1.54) is 6.07 Å². The normalized spacial score (nSPS) is 14.8. The summed E-state index contributed by atoms with van der Waals surface area (Å²) >= 11 is 3.23. The van der Waals surface area contributed by atoms with Gasteiger partial charge in [-0.25, -0.2) is 4.39 Å². The third kappa shape index (κ3) is 3.29. The fourth-order valence-corrected chi connectivity index (χ4v) is 2.21. The molecular weight excluding hydrogens is 269 g/mol. The summed E-state index contributed by atoms with van der Waals surface area (Å²) in [5, 5.41) is 3.45. The summed E-state index contributed by atoms with van der Waals surface area (Å²) in [5.74, 6) is 0.334. The van der Waals surface area contributed by atoms with E-state index in [1.807, 2.05) is 12.1 Å². The van der Waals surface area contributed by atoms with Crippen LogP contribution >= 0.6 is 15.9 Å². The molecule has 0 aliphatic heterocycles. The van der Waals surface area contributed by atoms with Crippen LogP contribution in [0, 0.1) is 11.7 Å². The molecule has 2 unspecified atom stereocenters. The first kappa shape index (κ1) is 13.7. The molecule has 0 spiro atoms. The van der Waals surface area contributed by atoms with Gasteiger partial charge in [0, 0.05) is 6.04 Å². The second kappa shape index (κ2) is 6.36. The van der Waals surface area contributed by atoms with E-state index < -0.39 is 0 Å². The average molecular weight is 288 g/mol. The first-order valence-corrected chi connectivity index (χ1v) is 6.57. The van der Waals surface area contributed by atoms with Crippen molar-refractivity contribution in [3.05, 3.63) is 34.1 Å². The molecule has 0 bridgehead atoms. The number of nitrogens with one attached hydrogen (secondary N) is 1. The molecule has 16 heavy (non-hydrogen) atoms. The smallest absolute Gasteiger partial charge is 0.137 e. The van der Waals surface area contributed by atoms with Crippen LogP contribution in [0.4, 0.5) is 4.39 Å². The van der Waals surface area contributed by atoms with Gasteiger partial charge >= 0.3 is 0 Å². The quantitative estimate of drug-likeness (QED) is 0.852. The molecule has 1 nitrogen and oxygen atoms in total. The van der Waals surface area contributed by atoms with Gasteiger partial charge in [-0.2, -0.15) is 0 Å². The average Bonchev–Trinajstić information content (AvgIpc) is 2.29. The molecule has 3 heteroatoms. The molecule has 1 aromatic carbocycles. The molecule has 0 aliphatic rings. The van der Waals surface area contributed by atoms with Gasteiger partial charge in [-0.15, -0.1) is 0 Å². The van der Waals surface area contributed by atoms with Crippen molar-refractivity contribution in [1.82, 2.24) is 5.32 Å². The van der Waals surface area contributed by atoms with Crippen LogP contribution in [0.1, 0.15) is 38.8 Å². The van der Waals surface area contributed by atoms with Gasteiger partial charge in [-0.3, -0.25) is 0 Å². The zero-order valence-electron chi connectivity index (χ0n) is 10.1. The van der Waals surface area contributed by atoms with Crippen molar-refractivity contribution in [3.8, 4) is 0 Å². The molecule has 90 valence electrons. The highest BCUT2D eigenvalue weighted by atomic mass is 79.9. The lowest BCUT2D eigenvalue weighted by Gasteiger charge is -2.24. The Bertz CT molecular complexity index is 341. The zero-order valence-corrected chi connectivity index (χ0v) is 11.6. The van der Waals surface area contributed by atoms with E-state index in [4.69, 9.17) is 0 Å². The first-order valence-electron chi connectivity index (χ1n) is 5.78. The van der Waals surface area contributed by atoms with Crippen molar-refractivity contribution >= 4 is 15.9 Å². The Morgan fingerprint density at radius 3 is 2.56 bits per heavy atom. The summed E-state index contributed by atoms with van der Waals surface area (Å²) in [6.45, 7) is 7.40. The SMILES string of the molecule is CCNC(c1ccc(F)c(Br)c1)C(C)CC. The fourth-order valence-electron chi connectivity index (χ4n) is 1.81. The van der Waals surface area contributed by atoms with E-state index in [9.17, 15) is 4.39 Å². The monoisotopic (exact) mass is 287 g/mol. The summed E-state index contributed by atoms with van der Waals surface area (Å²) in [7, 11) is 0. The number of halogens is 2. The predicted octanol–water partition coefficient (Wildman–Crippen LogP) is 4.28. The summed E-state index contributed by atoms with van der Waals surface area (Å²) in [6.07, 6.45) is 1.10. The van der Waals surface area contributed by atoms with Gasteiger partial charge in [0.1, 0.15) is 5.82 Å². The van der Waals surface area contributed by atoms with Crippen molar-refractivity contribution < 1.29 is 4.39 Å². The van der Waals surface area contributed by atoms with Gasteiger partial charge in [0.2, 0.25) is 0 Å². The highest BCUT2D eigenvalue weighted by Gasteiger charge is 2.17. The lowest BCUT2D eigenvalue weighted by atomic mass is 9.92. The third-order valence-electron chi connectivity index (χ3n) is 2.94. The van der Waals surface area contributed by atoms with E-state index in [0.29, 0.717) is 16.4 Å². The summed E-state index contributed by atoms with van der Waals surface area (Å²) in [5.41, 5.74) is 1.14. The first-order chi connectivity index (χ1) is 7.60. The van der Waals surface area contributed by atoms with Gasteiger partial charge in [0.05, 0.1) is 4.47 Å². The van der Waals surface area contributed by atoms with Crippen LogP contribution in [0.25, 0.3) is 0 Å². The van der Waals surface area contributed by atoms with Gasteiger partial charge in [-0.1, -0.05) is 33.3 Å². The number of rotatable bonds is 5. The van der Waals surface area contributed by atoms with Crippen LogP contribution in [0.3, 0.4) is 0 Å². The Morgan fingerprint density at radius 1 is 1.38 bits per heavy atom. The molecule has 0 aromatic heterocycles. The molecule has 0 saturated carbocycles. The number of benzene rings is 1. The Hall–Kier alpha value is -0.410. The maximum Gasteiger partial charge on any atom is 0.137 e. The van der Waals surface area contributed by atoms with E-state index in [2.05, 4.69) is 42.0 Å². The van der Waals surface area contributed by atoms with Crippen LogP contribution < -0.4 is 5.32 Å². The van der Waals surface area contributed by atoms with E-state index in [-0.39, 0.29) is 5.82 Å². The van der Waals surface area contributed by atoms with Crippen molar-refractivity contribution in [2.45, 2.75) is 33.2 Å². The zero-order chi connectivity index (χ0) is 12.1. The molecule has 0 amide bonds. The van der Waals surface area contributed by atoms with Crippen molar-refractivity contribution in [2.24, 2.45) is 5.92 Å². The van der Waals surface area contributed by atoms with Crippen LogP contribution in [0.5, 0.6) is 0 Å². The molecule has 0 saturated heterocycles. The van der Waals surface area contributed by atoms with Crippen LogP contribution in [0.2, 0.25) is 0 Å². The lowest BCUT2D eigenvalue weighted by Crippen LogP contribution is -2.26. The second-order valence-corrected chi connectivity index (χ2v) is 4.95. The minimum absolute atomic E-state index is 0.205. The molecule has 1 rings (SSSR count). The molecule has 0 aliphatic carbocycles. The van der Waals surface area contributed by atoms with E-state index in [0.717, 1.165) is 18.5 Å². The van der Waals surface area contributed by atoms with Crippen LogP contribution in [0.15, 0.2) is 22.7 Å². The van der Waals surface area contributed by atoms with Crippen molar-refractivity contribution in [2.75, 3.05) is 6.54 Å². The summed E-state index contributed by atoms with van der Waals surface area (Å²) in [4.78, 5) is 0. The molecular formula is C13H19BrFN. The topological polar surface area (TPSA) is 12.0 Å². The molecule has 1 aromatic rings. The predicted molar refractivity (Wildman–Crippen MR) is 70.0 cm³/mol. The van der Waals surface area contributed by atoms with Gasteiger partial charge in [-0.05, 0) is 46.1 Å². The van der Waals surface area contributed by atoms with Gasteiger partial charge in [0.25, 0.3) is 0 Å². The number of hydrogen-bond acceptors (Lipinski definition) is 1. The Balaban J connectivity index is 2.96. The minimum atomic E-state index is -0.205. The van der Waals surface area contributed by atoms with Gasteiger partial charge < -0.3 is 5.32 Å². The Labute approximate surface area is 106 Å². The van der Waals surface area contributed by atoms with Gasteiger partial charge in [0.15, 0.2) is 0 Å². The second-order valence-electron chi connectivity index (χ2n) is 4.09. The maximum atomic E-state index is 13.2. The summed E-state index contributed by atoms with van der Waals surface area (Å²) < 4.78 is 13.7. The molecule has 0 heterocycles. The van der Waals surface area contributed by atoms with E-state index in [1.54, 1.807) is 0 Å². The molecule has 1 N–H and O–H groups in total. The molecule has 0 radical (unpaired) electrons. The highest BCUT2D eigenvalue weighted by molar-refractivity contribution is 9.10. The Kier molecular flexibility index (Phi) is 5.42. The van der Waals surface area contributed by atoms with Crippen LogP contribution in [-0.4, -0.2) is 6.54 Å². The maximum absolute atomic E-state index is 13.2. The fraction of sp³-hybridized carbons (Fsp3) is 0.538. The molecule has 2 atom stereocenters. The standard InChI is InChI=1S/C13H19BrFN/c1-4-9(3)13(16-5-2)10-6-7-12(15)11(14)8-10/h6-9,13,16H,4-5H2,1-3H3. The highest BCUT2D eigenvalue weighted by Crippen LogP contribution is 2.27. The molecule has 0 fully saturated rings. The largest absolute Gasteiger partial charge is 0.310 e. The minimum Gasteiger partial charge on any atom is -0.310 e. The van der Waals surface area contributed by atoms with E-state index >= 15 is 0 Å². The summed E-state index contributed by atoms with van der Waals surface area (Å²) in [6, 6.07) is 5.55. The van der Waals surface area contributed by atoms with Crippen LogP contribution in [-0.2, 0) is 0 Å². The lowest BCUT2D eigenvalue weighted by molar-refractivity contribution is 0.383. The Morgan fingerprint density at radius 2 is 2.06 bits per heavy atom. The van der Waals surface area contributed by atoms with Crippen molar-refractivity contribution in [1.29, 1.82) is 0 Å². The van der Waals surface area contributed by atoms with Crippen molar-refractivity contribution in [3.63, 3.8) is 0 Å².